The van der Waals surface area contributed by atoms with Crippen molar-refractivity contribution < 1.29 is 0 Å². The maximum Gasteiger partial charge on any atom is 0.201 e. The molecule has 0 saturated carbocycles. The normalized spacial score (nSPS) is 9.20. The van der Waals surface area contributed by atoms with Crippen LogP contribution < -0.4 is 0 Å². The molecule has 0 bridgehead atoms. The Morgan fingerprint density at radius 3 is 3.00 bits per heavy atom. The molecule has 4 nitrogen and oxygen atoms in total. The number of nitrogens with one attached hydrogen (secondary N) is 1. The first-order chi connectivity index (χ1) is 4.47. The number of pyridine rings is 1. The minimum absolute atomic E-state index is 0. The van der Waals surface area contributed by atoms with Crippen molar-refractivity contribution in [2.45, 2.75) is 0 Å². The van der Waals surface area contributed by atoms with Crippen LogP contribution in [-0.2, 0) is 0 Å². The fraction of sp³-hybridized carbons (Fsp3) is 0. The van der Waals surface area contributed by atoms with E-state index in [-0.39, 0.29) is 12.4 Å². The van der Waals surface area contributed by atoms with Crippen molar-refractivity contribution in [3.8, 4) is 0 Å². The van der Waals surface area contributed by atoms with Crippen LogP contribution in [0.1, 0.15) is 0 Å². The fourth-order valence-corrected chi connectivity index (χ4v) is 0.688. The van der Waals surface area contributed by atoms with Crippen molar-refractivity contribution in [1.82, 2.24) is 20.4 Å². The highest BCUT2D eigenvalue weighted by atomic mass is 35.5. The minimum atomic E-state index is 0. The van der Waals surface area contributed by atoms with Gasteiger partial charge in [-0.05, 0) is 12.1 Å². The van der Waals surface area contributed by atoms with Crippen LogP contribution in [0.3, 0.4) is 0 Å². The van der Waals surface area contributed by atoms with Crippen LogP contribution in [0, 0.1) is 0 Å². The summed E-state index contributed by atoms with van der Waals surface area (Å²) in [5.74, 6) is 0. The quantitative estimate of drug-likeness (QED) is 0.613. The molecule has 0 radical (unpaired) electrons. The maximum absolute atomic E-state index is 3.94. The van der Waals surface area contributed by atoms with Crippen LogP contribution in [0.2, 0.25) is 0 Å². The monoisotopic (exact) mass is 156 g/mol. The Morgan fingerprint density at radius 2 is 2.20 bits per heavy atom. The Bertz CT molecular complexity index is 288. The third kappa shape index (κ3) is 0.930. The van der Waals surface area contributed by atoms with Gasteiger partial charge in [0.25, 0.3) is 0 Å². The Morgan fingerprint density at radius 1 is 1.30 bits per heavy atom. The molecule has 2 rings (SSSR count). The van der Waals surface area contributed by atoms with Crippen LogP contribution in [0.15, 0.2) is 18.3 Å². The van der Waals surface area contributed by atoms with Crippen molar-refractivity contribution in [3.05, 3.63) is 18.3 Å². The zero-order chi connectivity index (χ0) is 6.10. The van der Waals surface area contributed by atoms with Gasteiger partial charge in [-0.25, -0.2) is 4.98 Å². The Hall–Kier alpha value is -1.16. The van der Waals surface area contributed by atoms with Crippen molar-refractivity contribution in [1.29, 1.82) is 0 Å². The van der Waals surface area contributed by atoms with Crippen LogP contribution in [0.25, 0.3) is 11.2 Å². The molecule has 2 aromatic rings. The van der Waals surface area contributed by atoms with E-state index >= 15 is 0 Å². The van der Waals surface area contributed by atoms with E-state index in [0.717, 1.165) is 5.52 Å². The maximum atomic E-state index is 3.94. The number of aromatic amines is 1. The second-order valence-electron chi connectivity index (χ2n) is 1.67. The second-order valence-corrected chi connectivity index (χ2v) is 1.67. The van der Waals surface area contributed by atoms with E-state index in [1.165, 1.54) is 0 Å². The molecular formula is C5H5ClN4. The van der Waals surface area contributed by atoms with Crippen molar-refractivity contribution in [3.63, 3.8) is 0 Å². The van der Waals surface area contributed by atoms with Gasteiger partial charge in [0.05, 0.1) is 0 Å². The smallest absolute Gasteiger partial charge is 0.201 e. The minimum Gasteiger partial charge on any atom is -0.234 e. The summed E-state index contributed by atoms with van der Waals surface area (Å²) in [4.78, 5) is 3.94. The highest BCUT2D eigenvalue weighted by Gasteiger charge is 1.92. The van der Waals surface area contributed by atoms with Crippen molar-refractivity contribution >= 4 is 23.6 Å². The largest absolute Gasteiger partial charge is 0.234 e. The lowest BCUT2D eigenvalue weighted by Crippen LogP contribution is -1.71. The van der Waals surface area contributed by atoms with Crippen molar-refractivity contribution in [2.75, 3.05) is 0 Å². The van der Waals surface area contributed by atoms with Gasteiger partial charge < -0.3 is 0 Å². The van der Waals surface area contributed by atoms with E-state index < -0.39 is 0 Å². The summed E-state index contributed by atoms with van der Waals surface area (Å²) in [5.41, 5.74) is 1.47. The van der Waals surface area contributed by atoms with E-state index in [1.807, 2.05) is 12.1 Å². The summed E-state index contributed by atoms with van der Waals surface area (Å²) in [5, 5.41) is 10.1. The van der Waals surface area contributed by atoms with Gasteiger partial charge in [0.2, 0.25) is 5.65 Å². The van der Waals surface area contributed by atoms with Gasteiger partial charge in [-0.1, -0.05) is 0 Å². The lowest BCUT2D eigenvalue weighted by Gasteiger charge is -1.77. The van der Waals surface area contributed by atoms with Gasteiger partial charge in [-0.3, -0.25) is 0 Å². The van der Waals surface area contributed by atoms with Crippen LogP contribution in [0.4, 0.5) is 0 Å². The SMILES string of the molecule is Cl.c1cnc2n[nH]nc2c1. The number of nitrogens with zero attached hydrogens (tertiary/aromatic N) is 3. The molecule has 1 N–H and O–H groups in total. The first-order valence-electron chi connectivity index (χ1n) is 2.58. The number of aromatic nitrogens is 4. The molecule has 0 spiro atoms. The van der Waals surface area contributed by atoms with Gasteiger partial charge in [0, 0.05) is 6.20 Å². The average Bonchev–Trinajstić information content (AvgIpc) is 2.33. The summed E-state index contributed by atoms with van der Waals surface area (Å²) in [6, 6.07) is 3.68. The van der Waals surface area contributed by atoms with E-state index in [9.17, 15) is 0 Å². The van der Waals surface area contributed by atoms with E-state index in [2.05, 4.69) is 20.4 Å². The van der Waals surface area contributed by atoms with Gasteiger partial charge in [-0.15, -0.1) is 17.5 Å². The highest BCUT2D eigenvalue weighted by molar-refractivity contribution is 5.85. The van der Waals surface area contributed by atoms with E-state index in [0.29, 0.717) is 5.65 Å². The molecule has 2 aromatic heterocycles. The van der Waals surface area contributed by atoms with Crippen LogP contribution in [-0.4, -0.2) is 20.4 Å². The Balaban J connectivity index is 0.000000500. The predicted octanol–water partition coefficient (Wildman–Crippen LogP) is 0.775. The molecule has 2 heterocycles. The lowest BCUT2D eigenvalue weighted by atomic mass is 10.4. The third-order valence-corrected chi connectivity index (χ3v) is 1.09. The first-order valence-corrected chi connectivity index (χ1v) is 2.58. The summed E-state index contributed by atoms with van der Waals surface area (Å²) < 4.78 is 0. The molecule has 0 atom stereocenters. The predicted molar refractivity (Wildman–Crippen MR) is 38.9 cm³/mol. The molecule has 0 aliphatic carbocycles. The zero-order valence-corrected chi connectivity index (χ0v) is 5.80. The van der Waals surface area contributed by atoms with Crippen molar-refractivity contribution in [2.24, 2.45) is 0 Å². The molecule has 5 heteroatoms. The number of halogens is 1. The van der Waals surface area contributed by atoms with Gasteiger partial charge >= 0.3 is 0 Å². The third-order valence-electron chi connectivity index (χ3n) is 1.09. The summed E-state index contributed by atoms with van der Waals surface area (Å²) in [6.07, 6.45) is 1.69. The molecule has 0 aliphatic rings. The highest BCUT2D eigenvalue weighted by Crippen LogP contribution is 1.99. The number of fused-ring (bicyclic) bond motifs is 1. The van der Waals surface area contributed by atoms with E-state index in [1.54, 1.807) is 6.20 Å². The number of hydrogen-bond donors (Lipinski definition) is 1. The summed E-state index contributed by atoms with van der Waals surface area (Å²) in [7, 11) is 0. The molecule has 0 amide bonds. The number of hydrogen-bond acceptors (Lipinski definition) is 3. The van der Waals surface area contributed by atoms with Gasteiger partial charge in [0.15, 0.2) is 0 Å². The topological polar surface area (TPSA) is 54.5 Å². The second kappa shape index (κ2) is 2.62. The van der Waals surface area contributed by atoms with E-state index in [4.69, 9.17) is 0 Å². The fourth-order valence-electron chi connectivity index (χ4n) is 0.688. The lowest BCUT2D eigenvalue weighted by molar-refractivity contribution is 0.954. The van der Waals surface area contributed by atoms with Gasteiger partial charge in [-0.2, -0.15) is 10.3 Å². The number of rotatable bonds is 0. The summed E-state index contributed by atoms with van der Waals surface area (Å²) in [6.45, 7) is 0. The molecular weight excluding hydrogens is 152 g/mol. The first kappa shape index (κ1) is 6.95. The molecule has 52 valence electrons. The van der Waals surface area contributed by atoms with Gasteiger partial charge in [0.1, 0.15) is 5.52 Å². The molecule has 0 aromatic carbocycles. The molecule has 10 heavy (non-hydrogen) atoms. The standard InChI is InChI=1S/C5H4N4.ClH/c1-2-4-5(6-3-1)8-9-7-4;/h1-3H,(H,6,7,8,9);1H. The Labute approximate surface area is 63.1 Å². The van der Waals surface area contributed by atoms with Crippen LogP contribution in [0.5, 0.6) is 0 Å². The molecule has 0 unspecified atom stereocenters. The Kier molecular flexibility index (Phi) is 1.82. The number of H-pyrrole nitrogens is 1. The molecule has 0 aliphatic heterocycles. The average molecular weight is 157 g/mol. The van der Waals surface area contributed by atoms with Crippen LogP contribution >= 0.6 is 12.4 Å². The molecule has 0 fully saturated rings. The zero-order valence-electron chi connectivity index (χ0n) is 4.98. The molecule has 0 saturated heterocycles. The summed E-state index contributed by atoms with van der Waals surface area (Å²) >= 11 is 0.